The van der Waals surface area contributed by atoms with Gasteiger partial charge in [0.2, 0.25) is 15.9 Å². The van der Waals surface area contributed by atoms with Crippen LogP contribution in [0.25, 0.3) is 0 Å². The number of nitrogens with one attached hydrogen (secondary N) is 2. The zero-order valence-electron chi connectivity index (χ0n) is 11.0. The Morgan fingerprint density at radius 1 is 1.32 bits per heavy atom. The van der Waals surface area contributed by atoms with Gasteiger partial charge in [-0.1, -0.05) is 18.2 Å². The van der Waals surface area contributed by atoms with Crippen molar-refractivity contribution in [3.8, 4) is 0 Å². The first-order valence-electron chi connectivity index (χ1n) is 5.90. The predicted molar refractivity (Wildman–Crippen MR) is 74.8 cm³/mol. The fraction of sp³-hybridized carbons (Fsp3) is 0.417. The summed E-state index contributed by atoms with van der Waals surface area (Å²) in [6.45, 7) is 3.33. The molecule has 6 nitrogen and oxygen atoms in total. The van der Waals surface area contributed by atoms with E-state index in [1.807, 2.05) is 0 Å². The molecule has 0 heterocycles. The van der Waals surface area contributed by atoms with Gasteiger partial charge in [0.1, 0.15) is 0 Å². The van der Waals surface area contributed by atoms with Gasteiger partial charge >= 0.3 is 0 Å². The van der Waals surface area contributed by atoms with Gasteiger partial charge in [-0.2, -0.15) is 0 Å². The summed E-state index contributed by atoms with van der Waals surface area (Å²) in [5.41, 5.74) is 6.61. The summed E-state index contributed by atoms with van der Waals surface area (Å²) in [6, 6.07) is 6.70. The molecule has 0 fully saturated rings. The highest BCUT2D eigenvalue weighted by Gasteiger charge is 2.15. The van der Waals surface area contributed by atoms with E-state index < -0.39 is 10.0 Å². The van der Waals surface area contributed by atoms with Crippen LogP contribution in [0.4, 0.5) is 5.69 Å². The molecule has 0 radical (unpaired) electrons. The Kier molecular flexibility index (Phi) is 5.31. The average molecular weight is 285 g/mol. The molecule has 1 rings (SSSR count). The molecule has 0 bridgehead atoms. The molecule has 0 aromatic heterocycles. The van der Waals surface area contributed by atoms with Gasteiger partial charge in [0.15, 0.2) is 0 Å². The van der Waals surface area contributed by atoms with Crippen molar-refractivity contribution < 1.29 is 13.2 Å². The first-order valence-corrected chi connectivity index (χ1v) is 7.55. The predicted octanol–water partition coefficient (Wildman–Crippen LogP) is 0.213. The highest BCUT2D eigenvalue weighted by Crippen LogP contribution is 2.13. The molecule has 0 aliphatic rings. The van der Waals surface area contributed by atoms with Gasteiger partial charge in [0, 0.05) is 11.7 Å². The molecule has 4 N–H and O–H groups in total. The monoisotopic (exact) mass is 285 g/mol. The molecule has 0 atom stereocenters. The summed E-state index contributed by atoms with van der Waals surface area (Å²) in [4.78, 5) is 11.4. The number of benzene rings is 1. The third-order valence-corrected chi connectivity index (χ3v) is 3.58. The maximum atomic E-state index is 11.8. The minimum absolute atomic E-state index is 0.0261. The Morgan fingerprint density at radius 3 is 2.53 bits per heavy atom. The molecule has 0 saturated carbocycles. The molecule has 0 saturated heterocycles. The highest BCUT2D eigenvalue weighted by atomic mass is 32.2. The number of sulfonamides is 1. The number of carbonyl (C=O) groups excluding carboxylic acids is 1. The average Bonchev–Trinajstić information content (AvgIpc) is 2.29. The maximum Gasteiger partial charge on any atom is 0.235 e. The normalized spacial score (nSPS) is 11.5. The quantitative estimate of drug-likeness (QED) is 0.650. The number of nitrogens with two attached hydrogens (primary N) is 1. The van der Waals surface area contributed by atoms with Crippen molar-refractivity contribution in [1.29, 1.82) is 0 Å². The van der Waals surface area contributed by atoms with E-state index in [4.69, 9.17) is 5.73 Å². The second-order valence-corrected chi connectivity index (χ2v) is 6.31. The van der Waals surface area contributed by atoms with Crippen molar-refractivity contribution in [2.75, 3.05) is 12.3 Å². The number of para-hydroxylation sites is 1. The van der Waals surface area contributed by atoms with Crippen molar-refractivity contribution in [1.82, 2.24) is 10.0 Å². The number of amides is 1. The summed E-state index contributed by atoms with van der Waals surface area (Å²) in [6.07, 6.45) is 0. The number of nitrogen functional groups attached to an aromatic ring is 1. The summed E-state index contributed by atoms with van der Waals surface area (Å²) >= 11 is 0. The Morgan fingerprint density at radius 2 is 1.95 bits per heavy atom. The van der Waals surface area contributed by atoms with Crippen LogP contribution in [0.2, 0.25) is 0 Å². The lowest BCUT2D eigenvalue weighted by Crippen LogP contribution is -2.40. The van der Waals surface area contributed by atoms with E-state index in [1.165, 1.54) is 0 Å². The summed E-state index contributed by atoms with van der Waals surface area (Å²) in [5.74, 6) is -0.603. The first kappa shape index (κ1) is 15.5. The fourth-order valence-corrected chi connectivity index (χ4v) is 2.60. The molecule has 0 unspecified atom stereocenters. The summed E-state index contributed by atoms with van der Waals surface area (Å²) < 4.78 is 25.8. The second kappa shape index (κ2) is 6.53. The SMILES string of the molecule is CC(C)NC(=O)CNS(=O)(=O)Cc1ccccc1N. The van der Waals surface area contributed by atoms with Gasteiger partial charge in [0.25, 0.3) is 0 Å². The van der Waals surface area contributed by atoms with Gasteiger partial charge < -0.3 is 11.1 Å². The molecule has 106 valence electrons. The molecule has 19 heavy (non-hydrogen) atoms. The number of hydrogen-bond donors (Lipinski definition) is 3. The van der Waals surface area contributed by atoms with Crippen molar-refractivity contribution in [3.63, 3.8) is 0 Å². The van der Waals surface area contributed by atoms with E-state index in [2.05, 4.69) is 10.0 Å². The minimum atomic E-state index is -3.58. The van der Waals surface area contributed by atoms with Crippen LogP contribution >= 0.6 is 0 Å². The third-order valence-electron chi connectivity index (χ3n) is 2.30. The van der Waals surface area contributed by atoms with Crippen LogP contribution in [0, 0.1) is 0 Å². The topological polar surface area (TPSA) is 101 Å². The van der Waals surface area contributed by atoms with Gasteiger partial charge in [-0.05, 0) is 25.5 Å². The molecular formula is C12H19N3O3S. The largest absolute Gasteiger partial charge is 0.398 e. The van der Waals surface area contributed by atoms with E-state index in [0.29, 0.717) is 11.3 Å². The van der Waals surface area contributed by atoms with Crippen LogP contribution in [0.5, 0.6) is 0 Å². The molecule has 1 amide bonds. The molecule has 1 aromatic rings. The number of carbonyl (C=O) groups is 1. The van der Waals surface area contributed by atoms with Crippen molar-refractivity contribution in [2.45, 2.75) is 25.6 Å². The van der Waals surface area contributed by atoms with Gasteiger partial charge in [0.05, 0.1) is 12.3 Å². The molecule has 0 spiro atoms. The Balaban J connectivity index is 2.58. The van der Waals surface area contributed by atoms with E-state index in [-0.39, 0.29) is 24.2 Å². The number of hydrogen-bond acceptors (Lipinski definition) is 4. The summed E-state index contributed by atoms with van der Waals surface area (Å²) in [5, 5.41) is 2.60. The Bertz CT molecular complexity index is 541. The third kappa shape index (κ3) is 5.71. The van der Waals surface area contributed by atoms with E-state index >= 15 is 0 Å². The van der Waals surface area contributed by atoms with Crippen LogP contribution in [0.15, 0.2) is 24.3 Å². The highest BCUT2D eigenvalue weighted by molar-refractivity contribution is 7.88. The Hall–Kier alpha value is -1.60. The lowest BCUT2D eigenvalue weighted by molar-refractivity contribution is -0.120. The first-order chi connectivity index (χ1) is 8.80. The second-order valence-electron chi connectivity index (χ2n) is 4.50. The lowest BCUT2D eigenvalue weighted by atomic mass is 10.2. The molecule has 0 aliphatic heterocycles. The standard InChI is InChI=1S/C12H19N3O3S/c1-9(2)15-12(16)7-14-19(17,18)8-10-5-3-4-6-11(10)13/h3-6,9,14H,7-8,13H2,1-2H3,(H,15,16). The van der Waals surface area contributed by atoms with Gasteiger partial charge in [-0.25, -0.2) is 13.1 Å². The van der Waals surface area contributed by atoms with Crippen molar-refractivity contribution in [3.05, 3.63) is 29.8 Å². The van der Waals surface area contributed by atoms with Gasteiger partial charge in [-0.15, -0.1) is 0 Å². The fourth-order valence-electron chi connectivity index (χ4n) is 1.47. The number of anilines is 1. The van der Waals surface area contributed by atoms with Crippen LogP contribution in [-0.2, 0) is 20.6 Å². The molecule has 7 heteroatoms. The lowest BCUT2D eigenvalue weighted by Gasteiger charge is -2.10. The minimum Gasteiger partial charge on any atom is -0.398 e. The zero-order valence-corrected chi connectivity index (χ0v) is 11.8. The molecular weight excluding hydrogens is 266 g/mol. The van der Waals surface area contributed by atoms with E-state index in [1.54, 1.807) is 38.1 Å². The van der Waals surface area contributed by atoms with Crippen LogP contribution in [-0.4, -0.2) is 26.9 Å². The van der Waals surface area contributed by atoms with Crippen LogP contribution < -0.4 is 15.8 Å². The van der Waals surface area contributed by atoms with Crippen LogP contribution in [0.1, 0.15) is 19.4 Å². The van der Waals surface area contributed by atoms with E-state index in [9.17, 15) is 13.2 Å². The van der Waals surface area contributed by atoms with Crippen molar-refractivity contribution >= 4 is 21.6 Å². The number of rotatable bonds is 6. The maximum absolute atomic E-state index is 11.8. The summed E-state index contributed by atoms with van der Waals surface area (Å²) in [7, 11) is -3.58. The van der Waals surface area contributed by atoms with E-state index in [0.717, 1.165) is 0 Å². The molecule has 1 aromatic carbocycles. The van der Waals surface area contributed by atoms with Gasteiger partial charge in [-0.3, -0.25) is 4.79 Å². The molecule has 0 aliphatic carbocycles. The smallest absolute Gasteiger partial charge is 0.235 e. The zero-order chi connectivity index (χ0) is 14.5. The van der Waals surface area contributed by atoms with Crippen LogP contribution in [0.3, 0.4) is 0 Å². The van der Waals surface area contributed by atoms with Crippen molar-refractivity contribution in [2.24, 2.45) is 0 Å². The Labute approximate surface area is 113 Å².